The van der Waals surface area contributed by atoms with Crippen LogP contribution in [0.5, 0.6) is 0 Å². The summed E-state index contributed by atoms with van der Waals surface area (Å²) < 4.78 is 31.3. The van der Waals surface area contributed by atoms with Gasteiger partial charge in [-0.05, 0) is 50.8 Å². The number of nitrogens with one attached hydrogen (secondary N) is 1. The molecule has 166 valence electrons. The van der Waals surface area contributed by atoms with Crippen molar-refractivity contribution in [2.24, 2.45) is 18.7 Å². The second-order valence-corrected chi connectivity index (χ2v) is 11.1. The highest BCUT2D eigenvalue weighted by atomic mass is 32.2. The molecule has 4 rings (SSSR count). The summed E-state index contributed by atoms with van der Waals surface area (Å²) in [6.45, 7) is 3.76. The van der Waals surface area contributed by atoms with Gasteiger partial charge in [0.05, 0.1) is 15.9 Å². The third-order valence-corrected chi connectivity index (χ3v) is 8.43. The van der Waals surface area contributed by atoms with Crippen LogP contribution in [0.15, 0.2) is 34.1 Å². The van der Waals surface area contributed by atoms with Crippen molar-refractivity contribution in [3.8, 4) is 5.13 Å². The minimum atomic E-state index is -3.72. The molecule has 0 bridgehead atoms. The van der Waals surface area contributed by atoms with E-state index >= 15 is 0 Å². The fourth-order valence-electron chi connectivity index (χ4n) is 3.53. The van der Waals surface area contributed by atoms with Gasteiger partial charge >= 0.3 is 5.69 Å². The van der Waals surface area contributed by atoms with Crippen LogP contribution in [0.4, 0.5) is 0 Å². The molecule has 0 spiro atoms. The molecule has 1 aromatic carbocycles. The molecule has 0 radical (unpaired) electrons. The molecular formula is C20H25N5O4S2. The topological polar surface area (TPSA) is 129 Å². The number of carbonyl (C=O) groups excluding carboxylic acids is 1. The summed E-state index contributed by atoms with van der Waals surface area (Å²) in [4.78, 5) is 29.8. The van der Waals surface area contributed by atoms with E-state index in [1.807, 2.05) is 13.8 Å². The Morgan fingerprint density at radius 2 is 2.06 bits per heavy atom. The quantitative estimate of drug-likeness (QED) is 0.525. The maximum absolute atomic E-state index is 12.9. The van der Waals surface area contributed by atoms with Crippen molar-refractivity contribution in [1.29, 1.82) is 0 Å². The van der Waals surface area contributed by atoms with Gasteiger partial charge in [0, 0.05) is 29.6 Å². The Hall–Kier alpha value is -2.50. The number of sulfonamides is 1. The number of nitrogens with two attached hydrogens (primary N) is 1. The first kappa shape index (κ1) is 21.7. The predicted molar refractivity (Wildman–Crippen MR) is 119 cm³/mol. The maximum Gasteiger partial charge on any atom is 0.335 e. The summed E-state index contributed by atoms with van der Waals surface area (Å²) in [5.74, 6) is -0.671. The SMILES string of the molecule is CCC(Cc1cnc(-n2c(=O)n(C)c3ccc(S(=O)(=O)NC4(C)CC4)cc32)s1)C(N)=O. The number of primary amides is 1. The molecule has 3 aromatic rings. The summed E-state index contributed by atoms with van der Waals surface area (Å²) in [7, 11) is -2.08. The number of rotatable bonds is 8. The molecule has 3 N–H and O–H groups in total. The minimum absolute atomic E-state index is 0.101. The highest BCUT2D eigenvalue weighted by Gasteiger charge is 2.41. The zero-order chi connectivity index (χ0) is 22.6. The number of nitrogens with zero attached hydrogens (tertiary/aromatic N) is 3. The van der Waals surface area contributed by atoms with Crippen molar-refractivity contribution in [3.63, 3.8) is 0 Å². The van der Waals surface area contributed by atoms with E-state index in [-0.39, 0.29) is 22.4 Å². The van der Waals surface area contributed by atoms with Crippen LogP contribution in [0, 0.1) is 5.92 Å². The summed E-state index contributed by atoms with van der Waals surface area (Å²) >= 11 is 1.29. The van der Waals surface area contributed by atoms with Gasteiger partial charge < -0.3 is 5.73 Å². The van der Waals surface area contributed by atoms with Crippen LogP contribution >= 0.6 is 11.3 Å². The van der Waals surface area contributed by atoms with E-state index in [0.29, 0.717) is 29.0 Å². The molecule has 0 aliphatic heterocycles. The maximum atomic E-state index is 12.9. The Morgan fingerprint density at radius 3 is 2.68 bits per heavy atom. The average molecular weight is 464 g/mol. The van der Waals surface area contributed by atoms with Crippen molar-refractivity contribution in [3.05, 3.63) is 39.8 Å². The highest BCUT2D eigenvalue weighted by Crippen LogP contribution is 2.36. The minimum Gasteiger partial charge on any atom is -0.369 e. The van der Waals surface area contributed by atoms with E-state index in [2.05, 4.69) is 9.71 Å². The van der Waals surface area contributed by atoms with Crippen molar-refractivity contribution in [1.82, 2.24) is 18.8 Å². The third-order valence-electron chi connectivity index (χ3n) is 5.79. The standard InChI is InChI=1S/C20H25N5O4S2/c1-4-12(17(21)26)9-13-11-22-18(30-13)25-16-10-14(5-6-15(16)24(3)19(25)27)31(28,29)23-20(2)7-8-20/h5-6,10-12,23H,4,7-9H2,1-3H3,(H2,21,26). The normalized spacial score (nSPS) is 16.5. The molecule has 31 heavy (non-hydrogen) atoms. The Labute approximate surface area is 183 Å². The van der Waals surface area contributed by atoms with Gasteiger partial charge in [-0.25, -0.2) is 27.5 Å². The van der Waals surface area contributed by atoms with Gasteiger partial charge in [0.1, 0.15) is 0 Å². The second-order valence-electron chi connectivity index (χ2n) is 8.31. The molecule has 1 amide bonds. The van der Waals surface area contributed by atoms with E-state index in [1.54, 1.807) is 19.3 Å². The molecule has 9 nitrogen and oxygen atoms in total. The number of aromatic nitrogens is 3. The Kier molecular flexibility index (Phi) is 5.31. The lowest BCUT2D eigenvalue weighted by Gasteiger charge is -2.12. The molecule has 1 atom stereocenters. The average Bonchev–Trinajstić information content (AvgIpc) is 3.15. The number of benzene rings is 1. The molecule has 2 aromatic heterocycles. The van der Waals surface area contributed by atoms with E-state index in [9.17, 15) is 18.0 Å². The number of fused-ring (bicyclic) bond motifs is 1. The zero-order valence-corrected chi connectivity index (χ0v) is 19.2. The van der Waals surface area contributed by atoms with Gasteiger partial charge in [-0.3, -0.25) is 9.36 Å². The molecule has 1 unspecified atom stereocenters. The first-order chi connectivity index (χ1) is 14.5. The van der Waals surface area contributed by atoms with E-state index in [4.69, 9.17) is 5.73 Å². The van der Waals surface area contributed by atoms with E-state index in [0.717, 1.165) is 17.7 Å². The highest BCUT2D eigenvalue weighted by molar-refractivity contribution is 7.89. The molecule has 1 aliphatic rings. The molecule has 1 aliphatic carbocycles. The molecular weight excluding hydrogens is 438 g/mol. The predicted octanol–water partition coefficient (Wildman–Crippen LogP) is 1.67. The number of carbonyl (C=O) groups is 1. The van der Waals surface area contributed by atoms with Crippen LogP contribution < -0.4 is 16.1 Å². The Morgan fingerprint density at radius 1 is 1.35 bits per heavy atom. The van der Waals surface area contributed by atoms with Crippen LogP contribution in [0.3, 0.4) is 0 Å². The van der Waals surface area contributed by atoms with Crippen LogP contribution in [-0.2, 0) is 28.3 Å². The van der Waals surface area contributed by atoms with Crippen molar-refractivity contribution >= 4 is 38.3 Å². The summed E-state index contributed by atoms with van der Waals surface area (Å²) in [5.41, 5.74) is 5.78. The van der Waals surface area contributed by atoms with E-state index < -0.39 is 15.6 Å². The Bertz CT molecular complexity index is 1330. The molecule has 0 saturated heterocycles. The lowest BCUT2D eigenvalue weighted by Crippen LogP contribution is -2.34. The van der Waals surface area contributed by atoms with Crippen LogP contribution in [0.2, 0.25) is 0 Å². The third kappa shape index (κ3) is 4.04. The molecule has 2 heterocycles. The first-order valence-electron chi connectivity index (χ1n) is 10.0. The number of thiazole rings is 1. The summed E-state index contributed by atoms with van der Waals surface area (Å²) in [6.07, 6.45) is 4.30. The van der Waals surface area contributed by atoms with Crippen molar-refractivity contribution < 1.29 is 13.2 Å². The first-order valence-corrected chi connectivity index (χ1v) is 12.3. The number of hydrogen-bond acceptors (Lipinski definition) is 6. The lowest BCUT2D eigenvalue weighted by atomic mass is 10.0. The summed E-state index contributed by atoms with van der Waals surface area (Å²) in [6, 6.07) is 4.64. The number of hydrogen-bond donors (Lipinski definition) is 2. The molecule has 11 heteroatoms. The fraction of sp³-hybridized carbons (Fsp3) is 0.450. The van der Waals surface area contributed by atoms with Gasteiger partial charge in [-0.15, -0.1) is 11.3 Å². The largest absolute Gasteiger partial charge is 0.369 e. The van der Waals surface area contributed by atoms with Crippen LogP contribution in [-0.4, -0.2) is 34.0 Å². The van der Waals surface area contributed by atoms with Gasteiger partial charge in [0.2, 0.25) is 15.9 Å². The van der Waals surface area contributed by atoms with Crippen LogP contribution in [0.25, 0.3) is 16.2 Å². The number of aryl methyl sites for hydroxylation is 1. The molecule has 1 saturated carbocycles. The second kappa shape index (κ2) is 7.57. The van der Waals surface area contributed by atoms with E-state index in [1.165, 1.54) is 32.6 Å². The number of imidazole rings is 1. The van der Waals surface area contributed by atoms with Gasteiger partial charge in [-0.2, -0.15) is 0 Å². The summed E-state index contributed by atoms with van der Waals surface area (Å²) in [5, 5.41) is 0.418. The fourth-order valence-corrected chi connectivity index (χ4v) is 6.01. The lowest BCUT2D eigenvalue weighted by molar-refractivity contribution is -0.121. The Balaban J connectivity index is 1.77. The van der Waals surface area contributed by atoms with Gasteiger partial charge in [0.25, 0.3) is 0 Å². The zero-order valence-electron chi connectivity index (χ0n) is 17.6. The van der Waals surface area contributed by atoms with Crippen molar-refractivity contribution in [2.45, 2.75) is 50.0 Å². The van der Waals surface area contributed by atoms with Crippen molar-refractivity contribution in [2.75, 3.05) is 0 Å². The van der Waals surface area contributed by atoms with Gasteiger partial charge in [0.15, 0.2) is 5.13 Å². The smallest absolute Gasteiger partial charge is 0.335 e. The molecule has 1 fully saturated rings. The van der Waals surface area contributed by atoms with Gasteiger partial charge in [-0.1, -0.05) is 6.92 Å². The monoisotopic (exact) mass is 463 g/mol. The van der Waals surface area contributed by atoms with Crippen LogP contribution in [0.1, 0.15) is 38.0 Å². The number of amides is 1.